The van der Waals surface area contributed by atoms with Crippen molar-refractivity contribution in [3.63, 3.8) is 0 Å². The van der Waals surface area contributed by atoms with Crippen LogP contribution in [0.2, 0.25) is 0 Å². The Labute approximate surface area is 106 Å². The van der Waals surface area contributed by atoms with Crippen molar-refractivity contribution in [2.75, 3.05) is 45.1 Å². The van der Waals surface area contributed by atoms with E-state index < -0.39 is 0 Å². The molecule has 0 spiro atoms. The summed E-state index contributed by atoms with van der Waals surface area (Å²) >= 11 is 5.75. The monoisotopic (exact) mass is 246 g/mol. The van der Waals surface area contributed by atoms with Crippen LogP contribution >= 0.6 is 11.6 Å². The molecule has 1 fully saturated rings. The van der Waals surface area contributed by atoms with Crippen LogP contribution < -0.4 is 0 Å². The molecule has 96 valence electrons. The normalized spacial score (nSPS) is 19.1. The Hall–Kier alpha value is 0.210. The van der Waals surface area contributed by atoms with E-state index in [9.17, 15) is 0 Å². The molecule has 0 radical (unpaired) electrons. The van der Waals surface area contributed by atoms with E-state index in [1.165, 1.54) is 64.8 Å². The van der Waals surface area contributed by atoms with Crippen LogP contribution in [0.5, 0.6) is 0 Å². The van der Waals surface area contributed by atoms with Gasteiger partial charge in [-0.1, -0.05) is 32.6 Å². The van der Waals surface area contributed by atoms with Gasteiger partial charge in [0.25, 0.3) is 0 Å². The summed E-state index contributed by atoms with van der Waals surface area (Å²) in [6.45, 7) is 9.54. The van der Waals surface area contributed by atoms with Gasteiger partial charge in [-0.2, -0.15) is 0 Å². The molecule has 2 nitrogen and oxygen atoms in total. The van der Waals surface area contributed by atoms with E-state index in [0.717, 1.165) is 12.4 Å². The highest BCUT2D eigenvalue weighted by molar-refractivity contribution is 6.18. The number of hydrogen-bond acceptors (Lipinski definition) is 2. The smallest absolute Gasteiger partial charge is 0.0351 e. The Balaban J connectivity index is 1.95. The van der Waals surface area contributed by atoms with Crippen LogP contribution in [0.15, 0.2) is 0 Å². The van der Waals surface area contributed by atoms with Crippen molar-refractivity contribution in [2.24, 2.45) is 0 Å². The van der Waals surface area contributed by atoms with Crippen LogP contribution in [-0.4, -0.2) is 54.9 Å². The average molecular weight is 247 g/mol. The fourth-order valence-corrected chi connectivity index (χ4v) is 2.53. The topological polar surface area (TPSA) is 6.48 Å². The summed E-state index contributed by atoms with van der Waals surface area (Å²) in [6, 6.07) is 0. The average Bonchev–Trinajstić information content (AvgIpc) is 2.31. The predicted molar refractivity (Wildman–Crippen MR) is 72.4 cm³/mol. The van der Waals surface area contributed by atoms with Gasteiger partial charge >= 0.3 is 0 Å². The highest BCUT2D eigenvalue weighted by atomic mass is 35.5. The number of unbranched alkanes of at least 4 members (excludes halogenated alkanes) is 4. The molecule has 0 atom stereocenters. The van der Waals surface area contributed by atoms with Gasteiger partial charge in [0.2, 0.25) is 0 Å². The maximum absolute atomic E-state index is 5.75. The lowest BCUT2D eigenvalue weighted by Crippen LogP contribution is -2.47. The van der Waals surface area contributed by atoms with Crippen LogP contribution in [-0.2, 0) is 0 Å². The number of piperazine rings is 1. The third-order valence-electron chi connectivity index (χ3n) is 3.44. The van der Waals surface area contributed by atoms with Gasteiger partial charge in [-0.25, -0.2) is 0 Å². The van der Waals surface area contributed by atoms with Gasteiger partial charge in [0.15, 0.2) is 0 Å². The molecule has 1 rings (SSSR count). The van der Waals surface area contributed by atoms with Gasteiger partial charge in [-0.3, -0.25) is 4.90 Å². The molecule has 0 amide bonds. The maximum Gasteiger partial charge on any atom is 0.0351 e. The third kappa shape index (κ3) is 6.07. The number of hydrogen-bond donors (Lipinski definition) is 0. The predicted octanol–water partition coefficient (Wildman–Crippen LogP) is 2.81. The lowest BCUT2D eigenvalue weighted by atomic mass is 10.1. The molecular weight excluding hydrogens is 220 g/mol. The first kappa shape index (κ1) is 14.3. The fraction of sp³-hybridized carbons (Fsp3) is 1.00. The molecule has 3 heteroatoms. The zero-order chi connectivity index (χ0) is 11.6. The molecule has 0 saturated carbocycles. The zero-order valence-electron chi connectivity index (χ0n) is 10.8. The first-order chi connectivity index (χ1) is 7.86. The van der Waals surface area contributed by atoms with Crippen LogP contribution in [0.3, 0.4) is 0 Å². The minimum absolute atomic E-state index is 0.775. The van der Waals surface area contributed by atoms with Gasteiger partial charge < -0.3 is 4.90 Å². The Kier molecular flexibility index (Phi) is 8.26. The fourth-order valence-electron chi connectivity index (χ4n) is 2.29. The summed E-state index contributed by atoms with van der Waals surface area (Å²) in [5.41, 5.74) is 0. The number of nitrogens with zero attached hydrogens (tertiary/aromatic N) is 2. The molecule has 1 saturated heterocycles. The van der Waals surface area contributed by atoms with Gasteiger partial charge in [0, 0.05) is 38.6 Å². The van der Waals surface area contributed by atoms with Crippen molar-refractivity contribution >= 4 is 11.6 Å². The van der Waals surface area contributed by atoms with Crippen LogP contribution in [0.4, 0.5) is 0 Å². The summed E-state index contributed by atoms with van der Waals surface area (Å²) in [5.74, 6) is 0.775. The van der Waals surface area contributed by atoms with Gasteiger partial charge in [0.1, 0.15) is 0 Å². The molecule has 16 heavy (non-hydrogen) atoms. The van der Waals surface area contributed by atoms with Crippen molar-refractivity contribution in [2.45, 2.75) is 39.0 Å². The molecule has 1 aliphatic heterocycles. The Morgan fingerprint density at radius 2 is 1.38 bits per heavy atom. The summed E-state index contributed by atoms with van der Waals surface area (Å²) in [5, 5.41) is 0. The van der Waals surface area contributed by atoms with Crippen molar-refractivity contribution in [1.29, 1.82) is 0 Å². The minimum Gasteiger partial charge on any atom is -0.301 e. The summed E-state index contributed by atoms with van der Waals surface area (Å²) in [7, 11) is 0. The van der Waals surface area contributed by atoms with E-state index in [4.69, 9.17) is 11.6 Å². The molecule has 0 N–H and O–H groups in total. The number of rotatable bonds is 8. The SMILES string of the molecule is CCCCCCCN1CCN(CCCl)CC1. The van der Waals surface area contributed by atoms with E-state index in [1.807, 2.05) is 0 Å². The Morgan fingerprint density at radius 1 is 0.812 bits per heavy atom. The van der Waals surface area contributed by atoms with Gasteiger partial charge in [0.05, 0.1) is 0 Å². The zero-order valence-corrected chi connectivity index (χ0v) is 11.5. The molecule has 0 unspecified atom stereocenters. The largest absolute Gasteiger partial charge is 0.301 e. The van der Waals surface area contributed by atoms with Crippen molar-refractivity contribution < 1.29 is 0 Å². The quantitative estimate of drug-likeness (QED) is 0.480. The second-order valence-electron chi connectivity index (χ2n) is 4.79. The van der Waals surface area contributed by atoms with Crippen molar-refractivity contribution in [3.8, 4) is 0 Å². The van der Waals surface area contributed by atoms with Crippen LogP contribution in [0, 0.1) is 0 Å². The molecular formula is C13H27ClN2. The molecule has 1 aliphatic rings. The molecule has 0 aromatic rings. The van der Waals surface area contributed by atoms with Crippen LogP contribution in [0.25, 0.3) is 0 Å². The first-order valence-corrected chi connectivity index (χ1v) is 7.41. The Morgan fingerprint density at radius 3 is 1.94 bits per heavy atom. The van der Waals surface area contributed by atoms with E-state index in [-0.39, 0.29) is 0 Å². The molecule has 0 aromatic carbocycles. The standard InChI is InChI=1S/C13H27ClN2/c1-2-3-4-5-6-8-15-10-12-16(9-7-14)13-11-15/h2-13H2,1H3. The summed E-state index contributed by atoms with van der Waals surface area (Å²) in [4.78, 5) is 5.08. The Bertz CT molecular complexity index is 156. The second-order valence-corrected chi connectivity index (χ2v) is 5.16. The van der Waals surface area contributed by atoms with E-state index in [1.54, 1.807) is 0 Å². The lowest BCUT2D eigenvalue weighted by molar-refractivity contribution is 0.136. The van der Waals surface area contributed by atoms with E-state index in [0.29, 0.717) is 0 Å². The summed E-state index contributed by atoms with van der Waals surface area (Å²) < 4.78 is 0. The molecule has 1 heterocycles. The minimum atomic E-state index is 0.775. The van der Waals surface area contributed by atoms with Gasteiger partial charge in [-0.15, -0.1) is 11.6 Å². The molecule has 0 aromatic heterocycles. The maximum atomic E-state index is 5.75. The third-order valence-corrected chi connectivity index (χ3v) is 3.61. The van der Waals surface area contributed by atoms with E-state index >= 15 is 0 Å². The van der Waals surface area contributed by atoms with Gasteiger partial charge in [-0.05, 0) is 13.0 Å². The van der Waals surface area contributed by atoms with E-state index in [2.05, 4.69) is 16.7 Å². The number of alkyl halides is 1. The van der Waals surface area contributed by atoms with Crippen molar-refractivity contribution in [1.82, 2.24) is 9.80 Å². The van der Waals surface area contributed by atoms with Crippen LogP contribution in [0.1, 0.15) is 39.0 Å². The highest BCUT2D eigenvalue weighted by Crippen LogP contribution is 2.06. The highest BCUT2D eigenvalue weighted by Gasteiger charge is 2.15. The van der Waals surface area contributed by atoms with Crippen molar-refractivity contribution in [3.05, 3.63) is 0 Å². The lowest BCUT2D eigenvalue weighted by Gasteiger charge is -2.34. The first-order valence-electron chi connectivity index (χ1n) is 6.87. The molecule has 0 bridgehead atoms. The summed E-state index contributed by atoms with van der Waals surface area (Å²) in [6.07, 6.45) is 6.97. The second kappa shape index (κ2) is 9.26. The number of halogens is 1. The molecule has 0 aliphatic carbocycles.